The molecule has 3 rings (SSSR count). The Kier molecular flexibility index (Phi) is 21.3. The molecule has 0 N–H and O–H groups in total. The Morgan fingerprint density at radius 3 is 1.60 bits per heavy atom. The minimum atomic E-state index is -0.586. The number of hydrogen-bond acceptors (Lipinski definition) is 6. The Morgan fingerprint density at radius 2 is 1.08 bits per heavy atom. The summed E-state index contributed by atoms with van der Waals surface area (Å²) in [7, 11) is 0. The second-order valence-corrected chi connectivity index (χ2v) is 14.3. The van der Waals surface area contributed by atoms with Crippen molar-refractivity contribution >= 4 is 11.7 Å². The zero-order chi connectivity index (χ0) is 37.2. The highest BCUT2D eigenvalue weighted by atomic mass is 16.6. The van der Waals surface area contributed by atoms with Gasteiger partial charge in [0.1, 0.15) is 11.5 Å². The van der Waals surface area contributed by atoms with Crippen molar-refractivity contribution in [2.24, 2.45) is 0 Å². The summed E-state index contributed by atoms with van der Waals surface area (Å²) >= 11 is 0. The molecule has 0 amide bonds. The smallest absolute Gasteiger partial charge is 0.343 e. The summed E-state index contributed by atoms with van der Waals surface area (Å²) in [6.07, 6.45) is 26.8. The first-order valence-electron chi connectivity index (χ1n) is 20.4. The van der Waals surface area contributed by atoms with Gasteiger partial charge in [-0.25, -0.2) is 4.79 Å². The standard InChI is InChI=1S/C45H65NO6/c1-4-6-8-10-11-12-13-14-15-16-17-18-19-20-21-23-35-50-41-31-29-39(30-32-41)38-25-27-40(28-26-38)45(47)52-42-33-34-44(43(36-42)46(48)49)51-37(3)24-22-9-7-5-2/h25-34,36-37H,4-24,35H2,1-3H3/t37-/m0/s1. The van der Waals surface area contributed by atoms with Crippen LogP contribution in [-0.2, 0) is 0 Å². The third-order valence-corrected chi connectivity index (χ3v) is 9.70. The molecule has 0 unspecified atom stereocenters. The lowest BCUT2D eigenvalue weighted by Crippen LogP contribution is -2.13. The highest BCUT2D eigenvalue weighted by Crippen LogP contribution is 2.33. The first-order valence-corrected chi connectivity index (χ1v) is 20.4. The van der Waals surface area contributed by atoms with Gasteiger partial charge in [0.2, 0.25) is 0 Å². The highest BCUT2D eigenvalue weighted by Gasteiger charge is 2.20. The highest BCUT2D eigenvalue weighted by molar-refractivity contribution is 5.91. The third-order valence-electron chi connectivity index (χ3n) is 9.70. The largest absolute Gasteiger partial charge is 0.494 e. The maximum absolute atomic E-state index is 12.9. The van der Waals surface area contributed by atoms with E-state index in [4.69, 9.17) is 14.2 Å². The van der Waals surface area contributed by atoms with Crippen molar-refractivity contribution in [1.29, 1.82) is 0 Å². The maximum atomic E-state index is 12.9. The van der Waals surface area contributed by atoms with Crippen LogP contribution >= 0.6 is 0 Å². The molecule has 3 aromatic rings. The number of benzene rings is 3. The van der Waals surface area contributed by atoms with Crippen molar-refractivity contribution < 1.29 is 23.9 Å². The Bertz CT molecular complexity index is 1400. The minimum Gasteiger partial charge on any atom is -0.494 e. The predicted octanol–water partition coefficient (Wildman–Crippen LogP) is 13.9. The van der Waals surface area contributed by atoms with Crippen molar-refractivity contribution in [1.82, 2.24) is 0 Å². The molecule has 0 heterocycles. The molecule has 52 heavy (non-hydrogen) atoms. The molecule has 0 spiro atoms. The number of nitro benzene ring substituents is 1. The van der Waals surface area contributed by atoms with E-state index in [0.717, 1.165) is 62.0 Å². The fourth-order valence-electron chi connectivity index (χ4n) is 6.49. The molecule has 0 aliphatic heterocycles. The van der Waals surface area contributed by atoms with Gasteiger partial charge in [-0.05, 0) is 73.7 Å². The third kappa shape index (κ3) is 17.1. The van der Waals surface area contributed by atoms with Gasteiger partial charge in [-0.15, -0.1) is 0 Å². The van der Waals surface area contributed by atoms with Crippen molar-refractivity contribution in [3.63, 3.8) is 0 Å². The Hall–Kier alpha value is -3.87. The average Bonchev–Trinajstić information content (AvgIpc) is 3.15. The van der Waals surface area contributed by atoms with Gasteiger partial charge in [0.15, 0.2) is 5.75 Å². The number of ether oxygens (including phenoxy) is 3. The van der Waals surface area contributed by atoms with Crippen LogP contribution in [0.3, 0.4) is 0 Å². The lowest BCUT2D eigenvalue weighted by Gasteiger charge is -2.15. The Labute approximate surface area is 314 Å². The molecule has 3 aromatic carbocycles. The summed E-state index contributed by atoms with van der Waals surface area (Å²) < 4.78 is 17.4. The zero-order valence-corrected chi connectivity index (χ0v) is 32.4. The first kappa shape index (κ1) is 42.5. The van der Waals surface area contributed by atoms with Crippen LogP contribution in [0.15, 0.2) is 66.7 Å². The van der Waals surface area contributed by atoms with Crippen LogP contribution in [0.1, 0.15) is 166 Å². The molecule has 286 valence electrons. The lowest BCUT2D eigenvalue weighted by atomic mass is 10.0. The number of rotatable bonds is 29. The van der Waals surface area contributed by atoms with Crippen molar-refractivity contribution in [2.45, 2.75) is 162 Å². The van der Waals surface area contributed by atoms with E-state index in [1.54, 1.807) is 12.1 Å². The van der Waals surface area contributed by atoms with Crippen LogP contribution in [0.2, 0.25) is 0 Å². The van der Waals surface area contributed by atoms with Crippen LogP contribution in [0.25, 0.3) is 11.1 Å². The van der Waals surface area contributed by atoms with Crippen LogP contribution in [0.5, 0.6) is 17.2 Å². The SMILES string of the molecule is CCCCCCCCCCCCCCCCCCOc1ccc(-c2ccc(C(=O)Oc3ccc(O[C@@H](C)CCCCCC)c([N+](=O)[O-])c3)cc2)cc1. The van der Waals surface area contributed by atoms with E-state index in [-0.39, 0.29) is 23.3 Å². The summed E-state index contributed by atoms with van der Waals surface area (Å²) in [5.41, 5.74) is 2.10. The van der Waals surface area contributed by atoms with Gasteiger partial charge in [0, 0.05) is 0 Å². The van der Waals surface area contributed by atoms with Gasteiger partial charge in [-0.3, -0.25) is 10.1 Å². The second kappa shape index (κ2) is 26.0. The van der Waals surface area contributed by atoms with Gasteiger partial charge in [-0.2, -0.15) is 0 Å². The van der Waals surface area contributed by atoms with Gasteiger partial charge in [0.25, 0.3) is 0 Å². The molecule has 0 saturated heterocycles. The van der Waals surface area contributed by atoms with Gasteiger partial charge in [0.05, 0.1) is 29.3 Å². The normalized spacial score (nSPS) is 11.7. The number of carbonyl (C=O) groups is 1. The minimum absolute atomic E-state index is 0.0962. The summed E-state index contributed by atoms with van der Waals surface area (Å²) in [6, 6.07) is 19.4. The molecule has 0 saturated carbocycles. The molecular formula is C45H65NO6. The van der Waals surface area contributed by atoms with Gasteiger partial charge in [-0.1, -0.05) is 154 Å². The number of hydrogen-bond donors (Lipinski definition) is 0. The zero-order valence-electron chi connectivity index (χ0n) is 32.4. The molecule has 7 nitrogen and oxygen atoms in total. The second-order valence-electron chi connectivity index (χ2n) is 14.3. The van der Waals surface area contributed by atoms with Crippen molar-refractivity contribution in [2.75, 3.05) is 6.61 Å². The molecule has 7 heteroatoms. The van der Waals surface area contributed by atoms with Crippen molar-refractivity contribution in [3.05, 3.63) is 82.4 Å². The molecule has 0 radical (unpaired) electrons. The van der Waals surface area contributed by atoms with Crippen LogP contribution in [-0.4, -0.2) is 23.6 Å². The van der Waals surface area contributed by atoms with Crippen LogP contribution in [0, 0.1) is 10.1 Å². The quantitative estimate of drug-likeness (QED) is 0.0234. The first-order chi connectivity index (χ1) is 25.4. The summed E-state index contributed by atoms with van der Waals surface area (Å²) in [4.78, 5) is 24.1. The topological polar surface area (TPSA) is 87.9 Å². The fraction of sp³-hybridized carbons (Fsp3) is 0.578. The molecule has 0 aliphatic carbocycles. The lowest BCUT2D eigenvalue weighted by molar-refractivity contribution is -0.386. The molecule has 0 aromatic heterocycles. The number of carbonyl (C=O) groups excluding carboxylic acids is 1. The number of unbranched alkanes of at least 4 members (excludes halogenated alkanes) is 18. The van der Waals surface area contributed by atoms with E-state index >= 15 is 0 Å². The van der Waals surface area contributed by atoms with E-state index in [1.807, 2.05) is 43.3 Å². The Balaban J connectivity index is 1.32. The van der Waals surface area contributed by atoms with Crippen LogP contribution < -0.4 is 14.2 Å². The number of nitro groups is 1. The van der Waals surface area contributed by atoms with E-state index < -0.39 is 10.9 Å². The average molecular weight is 716 g/mol. The molecule has 0 fully saturated rings. The van der Waals surface area contributed by atoms with Crippen LogP contribution in [0.4, 0.5) is 5.69 Å². The summed E-state index contributed by atoms with van der Waals surface area (Å²) in [6.45, 7) is 7.08. The molecular weight excluding hydrogens is 650 g/mol. The molecule has 0 bridgehead atoms. The predicted molar refractivity (Wildman–Crippen MR) is 214 cm³/mol. The monoisotopic (exact) mass is 715 g/mol. The summed E-state index contributed by atoms with van der Waals surface area (Å²) in [5, 5.41) is 11.8. The van der Waals surface area contributed by atoms with E-state index in [0.29, 0.717) is 5.56 Å². The fourth-order valence-corrected chi connectivity index (χ4v) is 6.49. The van der Waals surface area contributed by atoms with Gasteiger partial charge < -0.3 is 14.2 Å². The molecule has 0 aliphatic rings. The van der Waals surface area contributed by atoms with Gasteiger partial charge >= 0.3 is 11.7 Å². The Morgan fingerprint density at radius 1 is 0.615 bits per heavy atom. The van der Waals surface area contributed by atoms with Crippen molar-refractivity contribution in [3.8, 4) is 28.4 Å². The maximum Gasteiger partial charge on any atom is 0.343 e. The summed E-state index contributed by atoms with van der Waals surface area (Å²) in [5.74, 6) is 0.543. The van der Waals surface area contributed by atoms with E-state index in [1.165, 1.54) is 115 Å². The van der Waals surface area contributed by atoms with E-state index in [2.05, 4.69) is 13.8 Å². The number of nitrogens with zero attached hydrogens (tertiary/aromatic N) is 1. The number of esters is 1. The molecule has 1 atom stereocenters. The van der Waals surface area contributed by atoms with E-state index in [9.17, 15) is 14.9 Å².